The third-order valence-corrected chi connectivity index (χ3v) is 3.20. The number of rotatable bonds is 5. The van der Waals surface area contributed by atoms with Crippen molar-refractivity contribution in [2.75, 3.05) is 0 Å². The van der Waals surface area contributed by atoms with Gasteiger partial charge < -0.3 is 5.32 Å². The number of aromatic nitrogens is 3. The summed E-state index contributed by atoms with van der Waals surface area (Å²) in [4.78, 5) is 5.56. The number of hydrogen-bond acceptors (Lipinski definition) is 4. The molecule has 0 saturated carbocycles. The fraction of sp³-hybridized carbons (Fsp3) is 0.455. The Bertz CT molecular complexity index is 446. The van der Waals surface area contributed by atoms with Crippen molar-refractivity contribution in [3.8, 4) is 0 Å². The fourth-order valence-electron chi connectivity index (χ4n) is 1.47. The first kappa shape index (κ1) is 11.3. The van der Waals surface area contributed by atoms with Gasteiger partial charge in [-0.3, -0.25) is 4.68 Å². The van der Waals surface area contributed by atoms with Crippen molar-refractivity contribution in [3.63, 3.8) is 0 Å². The molecule has 0 aliphatic carbocycles. The van der Waals surface area contributed by atoms with E-state index in [4.69, 9.17) is 0 Å². The molecule has 0 spiro atoms. The lowest BCUT2D eigenvalue weighted by molar-refractivity contribution is 0.655. The third-order valence-electron chi connectivity index (χ3n) is 2.29. The summed E-state index contributed by atoms with van der Waals surface area (Å²) >= 11 is 1.74. The van der Waals surface area contributed by atoms with Gasteiger partial charge >= 0.3 is 0 Å². The first-order valence-corrected chi connectivity index (χ1v) is 6.23. The third kappa shape index (κ3) is 2.90. The largest absolute Gasteiger partial charge is 0.306 e. The molecule has 86 valence electrons. The summed E-state index contributed by atoms with van der Waals surface area (Å²) in [6, 6.07) is 0. The van der Waals surface area contributed by atoms with E-state index in [9.17, 15) is 0 Å². The molecule has 0 radical (unpaired) electrons. The van der Waals surface area contributed by atoms with Crippen LogP contribution in [0.1, 0.15) is 22.4 Å². The van der Waals surface area contributed by atoms with Crippen LogP contribution in [-0.2, 0) is 19.6 Å². The standard InChI is InChI=1S/C11H16N4S/c1-3-15-8-10(6-14-15)5-12-7-11-13-4-9(2)16-11/h4,6,8,12H,3,5,7H2,1-2H3. The van der Waals surface area contributed by atoms with Gasteiger partial charge in [0, 0.05) is 42.5 Å². The van der Waals surface area contributed by atoms with Crippen LogP contribution >= 0.6 is 11.3 Å². The molecule has 0 unspecified atom stereocenters. The van der Waals surface area contributed by atoms with Crippen molar-refractivity contribution in [2.45, 2.75) is 33.5 Å². The van der Waals surface area contributed by atoms with E-state index in [1.54, 1.807) is 11.3 Å². The van der Waals surface area contributed by atoms with Gasteiger partial charge in [-0.1, -0.05) is 0 Å². The van der Waals surface area contributed by atoms with Gasteiger partial charge in [0.05, 0.1) is 6.20 Å². The van der Waals surface area contributed by atoms with Crippen LogP contribution < -0.4 is 5.32 Å². The zero-order valence-corrected chi connectivity index (χ0v) is 10.4. The van der Waals surface area contributed by atoms with Gasteiger partial charge in [0.15, 0.2) is 0 Å². The van der Waals surface area contributed by atoms with Crippen LogP contribution in [0, 0.1) is 6.92 Å². The minimum atomic E-state index is 0.829. The van der Waals surface area contributed by atoms with Gasteiger partial charge in [-0.2, -0.15) is 5.10 Å². The molecule has 0 aliphatic rings. The molecule has 1 N–H and O–H groups in total. The van der Waals surface area contributed by atoms with Crippen molar-refractivity contribution in [1.29, 1.82) is 0 Å². The molecule has 5 heteroatoms. The summed E-state index contributed by atoms with van der Waals surface area (Å²) in [7, 11) is 0. The van der Waals surface area contributed by atoms with Gasteiger partial charge in [0.2, 0.25) is 0 Å². The predicted molar refractivity (Wildman–Crippen MR) is 65.3 cm³/mol. The smallest absolute Gasteiger partial charge is 0.107 e. The number of nitrogens with one attached hydrogen (secondary N) is 1. The van der Waals surface area contributed by atoms with Crippen LogP contribution in [-0.4, -0.2) is 14.8 Å². The molecule has 4 nitrogen and oxygen atoms in total. The molecule has 0 atom stereocenters. The lowest BCUT2D eigenvalue weighted by Crippen LogP contribution is -2.11. The number of aryl methyl sites for hydroxylation is 2. The molecular weight excluding hydrogens is 220 g/mol. The van der Waals surface area contributed by atoms with E-state index in [2.05, 4.69) is 35.4 Å². The van der Waals surface area contributed by atoms with Gasteiger partial charge in [-0.25, -0.2) is 4.98 Å². The Labute approximate surface area is 99.3 Å². The van der Waals surface area contributed by atoms with Crippen molar-refractivity contribution in [3.05, 3.63) is 34.0 Å². The molecule has 2 aromatic rings. The highest BCUT2D eigenvalue weighted by Gasteiger charge is 2.00. The molecule has 0 bridgehead atoms. The van der Waals surface area contributed by atoms with E-state index in [1.165, 1.54) is 10.4 Å². The van der Waals surface area contributed by atoms with Crippen LogP contribution in [0.15, 0.2) is 18.6 Å². The molecule has 0 amide bonds. The normalized spacial score (nSPS) is 10.9. The maximum atomic E-state index is 4.30. The lowest BCUT2D eigenvalue weighted by atomic mass is 10.3. The minimum Gasteiger partial charge on any atom is -0.306 e. The van der Waals surface area contributed by atoms with Crippen LogP contribution in [0.5, 0.6) is 0 Å². The highest BCUT2D eigenvalue weighted by molar-refractivity contribution is 7.11. The quantitative estimate of drug-likeness (QED) is 0.863. The summed E-state index contributed by atoms with van der Waals surface area (Å²) in [5.41, 5.74) is 1.22. The monoisotopic (exact) mass is 236 g/mol. The SMILES string of the molecule is CCn1cc(CNCc2ncc(C)s2)cn1. The molecule has 0 fully saturated rings. The number of nitrogens with zero attached hydrogens (tertiary/aromatic N) is 3. The molecule has 0 saturated heterocycles. The average molecular weight is 236 g/mol. The molecule has 2 aromatic heterocycles. The van der Waals surface area contributed by atoms with Crippen LogP contribution in [0.2, 0.25) is 0 Å². The number of thiazole rings is 1. The second-order valence-corrected chi connectivity index (χ2v) is 4.99. The molecule has 2 rings (SSSR count). The Morgan fingerprint density at radius 3 is 2.88 bits per heavy atom. The molecule has 16 heavy (non-hydrogen) atoms. The first-order chi connectivity index (χ1) is 7.78. The predicted octanol–water partition coefficient (Wildman–Crippen LogP) is 1.96. The fourth-order valence-corrected chi connectivity index (χ4v) is 2.22. The van der Waals surface area contributed by atoms with E-state index < -0.39 is 0 Å². The minimum absolute atomic E-state index is 0.829. The summed E-state index contributed by atoms with van der Waals surface area (Å²) < 4.78 is 1.94. The van der Waals surface area contributed by atoms with Crippen LogP contribution in [0.3, 0.4) is 0 Å². The van der Waals surface area contributed by atoms with E-state index in [0.29, 0.717) is 0 Å². The second-order valence-electron chi connectivity index (χ2n) is 3.67. The highest BCUT2D eigenvalue weighted by atomic mass is 32.1. The van der Waals surface area contributed by atoms with Gasteiger partial charge in [-0.15, -0.1) is 11.3 Å². The summed E-state index contributed by atoms with van der Waals surface area (Å²) in [6.07, 6.45) is 5.89. The Morgan fingerprint density at radius 2 is 2.25 bits per heavy atom. The Hall–Kier alpha value is -1.20. The van der Waals surface area contributed by atoms with Crippen molar-refractivity contribution in [2.24, 2.45) is 0 Å². The molecule has 0 aliphatic heterocycles. The van der Waals surface area contributed by atoms with Crippen LogP contribution in [0.4, 0.5) is 0 Å². The summed E-state index contributed by atoms with van der Waals surface area (Å²) in [5, 5.41) is 8.73. The Balaban J connectivity index is 1.79. The van der Waals surface area contributed by atoms with Crippen molar-refractivity contribution < 1.29 is 0 Å². The molecular formula is C11H16N4S. The summed E-state index contributed by atoms with van der Waals surface area (Å²) in [5.74, 6) is 0. The van der Waals surface area contributed by atoms with Gasteiger partial charge in [0.1, 0.15) is 5.01 Å². The topological polar surface area (TPSA) is 42.7 Å². The summed E-state index contributed by atoms with van der Waals surface area (Å²) in [6.45, 7) is 6.76. The highest BCUT2D eigenvalue weighted by Crippen LogP contribution is 2.10. The maximum Gasteiger partial charge on any atom is 0.107 e. The van der Waals surface area contributed by atoms with Crippen molar-refractivity contribution >= 4 is 11.3 Å². The lowest BCUT2D eigenvalue weighted by Gasteiger charge is -1.99. The number of hydrogen-bond donors (Lipinski definition) is 1. The maximum absolute atomic E-state index is 4.30. The van der Waals surface area contributed by atoms with E-state index in [1.807, 2.05) is 17.1 Å². The average Bonchev–Trinajstić information content (AvgIpc) is 2.88. The van der Waals surface area contributed by atoms with E-state index in [-0.39, 0.29) is 0 Å². The van der Waals surface area contributed by atoms with E-state index in [0.717, 1.165) is 24.6 Å². The van der Waals surface area contributed by atoms with Gasteiger partial charge in [-0.05, 0) is 13.8 Å². The van der Waals surface area contributed by atoms with E-state index >= 15 is 0 Å². The Kier molecular flexibility index (Phi) is 3.69. The van der Waals surface area contributed by atoms with Crippen molar-refractivity contribution in [1.82, 2.24) is 20.1 Å². The zero-order valence-electron chi connectivity index (χ0n) is 9.60. The Morgan fingerprint density at radius 1 is 1.38 bits per heavy atom. The first-order valence-electron chi connectivity index (χ1n) is 5.41. The molecule has 0 aromatic carbocycles. The van der Waals surface area contributed by atoms with Gasteiger partial charge in [0.25, 0.3) is 0 Å². The van der Waals surface area contributed by atoms with Crippen LogP contribution in [0.25, 0.3) is 0 Å². The zero-order chi connectivity index (χ0) is 11.4. The molecule has 2 heterocycles. The second kappa shape index (κ2) is 5.23.